The van der Waals surface area contributed by atoms with Gasteiger partial charge in [-0.3, -0.25) is 4.90 Å². The second kappa shape index (κ2) is 3.88. The molecule has 0 aromatic rings. The van der Waals surface area contributed by atoms with Gasteiger partial charge < -0.3 is 9.57 Å². The van der Waals surface area contributed by atoms with Crippen LogP contribution in [0.5, 0.6) is 0 Å². The van der Waals surface area contributed by atoms with Crippen LogP contribution in [0.4, 0.5) is 0 Å². The summed E-state index contributed by atoms with van der Waals surface area (Å²) in [7, 11) is 2.05. The molecule has 4 heteroatoms. The Morgan fingerprint density at radius 2 is 2.60 bits per heavy atom. The lowest BCUT2D eigenvalue weighted by Crippen LogP contribution is -2.45. The Bertz CT molecular complexity index is 97.7. The van der Waals surface area contributed by atoms with Gasteiger partial charge in [0.2, 0.25) is 0 Å². The summed E-state index contributed by atoms with van der Waals surface area (Å²) in [6, 6.07) is 0.332. The van der Waals surface area contributed by atoms with E-state index in [0.29, 0.717) is 12.6 Å². The summed E-state index contributed by atoms with van der Waals surface area (Å²) in [5.41, 5.74) is 0. The molecule has 1 heterocycles. The summed E-state index contributed by atoms with van der Waals surface area (Å²) in [6.45, 7) is 3.07. The van der Waals surface area contributed by atoms with Gasteiger partial charge in [-0.15, -0.1) is 0 Å². The van der Waals surface area contributed by atoms with Gasteiger partial charge in [-0.25, -0.2) is 5.90 Å². The maximum absolute atomic E-state index is 5.23. The molecule has 0 amide bonds. The molecule has 1 saturated heterocycles. The van der Waals surface area contributed by atoms with Crippen LogP contribution in [0.15, 0.2) is 0 Å². The molecule has 0 bridgehead atoms. The van der Waals surface area contributed by atoms with Crippen LogP contribution >= 0.6 is 0 Å². The molecule has 10 heavy (non-hydrogen) atoms. The Kier molecular flexibility index (Phi) is 3.08. The van der Waals surface area contributed by atoms with Crippen molar-refractivity contribution in [2.45, 2.75) is 6.04 Å². The van der Waals surface area contributed by atoms with Gasteiger partial charge in [0, 0.05) is 6.54 Å². The first-order valence-electron chi connectivity index (χ1n) is 3.44. The minimum atomic E-state index is 0.332. The van der Waals surface area contributed by atoms with Crippen LogP contribution in [0.2, 0.25) is 0 Å². The van der Waals surface area contributed by atoms with Crippen LogP contribution < -0.4 is 5.90 Å². The second-order valence-electron chi connectivity index (χ2n) is 2.54. The van der Waals surface area contributed by atoms with Crippen molar-refractivity contribution >= 4 is 0 Å². The monoisotopic (exact) mass is 146 g/mol. The summed E-state index contributed by atoms with van der Waals surface area (Å²) in [6.07, 6.45) is 0. The maximum atomic E-state index is 5.23. The predicted molar refractivity (Wildman–Crippen MR) is 37.4 cm³/mol. The summed E-state index contributed by atoms with van der Waals surface area (Å²) in [5, 5.41) is 0. The minimum Gasteiger partial charge on any atom is -0.378 e. The number of ether oxygens (including phenoxy) is 1. The van der Waals surface area contributed by atoms with Crippen molar-refractivity contribution in [3.05, 3.63) is 0 Å². The number of morpholine rings is 1. The highest BCUT2D eigenvalue weighted by Crippen LogP contribution is 2.02. The van der Waals surface area contributed by atoms with E-state index in [9.17, 15) is 0 Å². The molecule has 0 unspecified atom stereocenters. The molecule has 0 spiro atoms. The van der Waals surface area contributed by atoms with Crippen LogP contribution in [-0.4, -0.2) is 44.4 Å². The molecule has 0 aromatic carbocycles. The quantitative estimate of drug-likeness (QED) is 0.518. The van der Waals surface area contributed by atoms with E-state index in [2.05, 4.69) is 9.74 Å². The SMILES string of the molecule is CN1CCOC[C@H]1CON. The highest BCUT2D eigenvalue weighted by molar-refractivity contribution is 4.70. The third kappa shape index (κ3) is 1.91. The molecule has 1 aliphatic heterocycles. The van der Waals surface area contributed by atoms with E-state index in [-0.39, 0.29) is 0 Å². The lowest BCUT2D eigenvalue weighted by Gasteiger charge is -2.31. The number of likely N-dealkylation sites (N-methyl/N-ethyl adjacent to an activating group) is 1. The van der Waals surface area contributed by atoms with Crippen LogP contribution in [0, 0.1) is 0 Å². The van der Waals surface area contributed by atoms with Crippen LogP contribution in [0.1, 0.15) is 0 Å². The zero-order valence-corrected chi connectivity index (χ0v) is 6.25. The molecule has 0 radical (unpaired) electrons. The van der Waals surface area contributed by atoms with E-state index < -0.39 is 0 Å². The van der Waals surface area contributed by atoms with E-state index in [1.807, 2.05) is 7.05 Å². The van der Waals surface area contributed by atoms with Crippen molar-refractivity contribution in [1.82, 2.24) is 4.90 Å². The standard InChI is InChI=1S/C6H14N2O2/c1-8-2-3-9-4-6(8)5-10-7/h6H,2-5,7H2,1H3/t6-/m0/s1. The van der Waals surface area contributed by atoms with Gasteiger partial charge in [0.05, 0.1) is 25.9 Å². The van der Waals surface area contributed by atoms with Crippen molar-refractivity contribution in [3.63, 3.8) is 0 Å². The molecule has 1 atom stereocenters. The summed E-state index contributed by atoms with van der Waals surface area (Å²) >= 11 is 0. The second-order valence-corrected chi connectivity index (χ2v) is 2.54. The fourth-order valence-electron chi connectivity index (χ4n) is 1.02. The van der Waals surface area contributed by atoms with Crippen LogP contribution in [0.25, 0.3) is 0 Å². The average Bonchev–Trinajstić information content (AvgIpc) is 1.94. The Balaban J connectivity index is 2.25. The fraction of sp³-hybridized carbons (Fsp3) is 1.00. The average molecular weight is 146 g/mol. The zero-order valence-electron chi connectivity index (χ0n) is 6.25. The normalized spacial score (nSPS) is 28.8. The number of nitrogens with zero attached hydrogens (tertiary/aromatic N) is 1. The molecule has 1 fully saturated rings. The third-order valence-corrected chi connectivity index (χ3v) is 1.81. The molecule has 0 aromatic heterocycles. The molecule has 1 rings (SSSR count). The molecule has 0 saturated carbocycles. The molecule has 1 aliphatic rings. The molecule has 0 aliphatic carbocycles. The lowest BCUT2D eigenvalue weighted by molar-refractivity contribution is -0.0325. The first-order valence-corrected chi connectivity index (χ1v) is 3.44. The molecule has 2 N–H and O–H groups in total. The van der Waals surface area contributed by atoms with Gasteiger partial charge in [-0.05, 0) is 7.05 Å². The van der Waals surface area contributed by atoms with E-state index >= 15 is 0 Å². The largest absolute Gasteiger partial charge is 0.378 e. The van der Waals surface area contributed by atoms with Gasteiger partial charge in [-0.1, -0.05) is 0 Å². The highest BCUT2D eigenvalue weighted by Gasteiger charge is 2.18. The molecule has 4 nitrogen and oxygen atoms in total. The van der Waals surface area contributed by atoms with Gasteiger partial charge in [-0.2, -0.15) is 0 Å². The Morgan fingerprint density at radius 1 is 1.80 bits per heavy atom. The Hall–Kier alpha value is -0.160. The van der Waals surface area contributed by atoms with Crippen LogP contribution in [0.3, 0.4) is 0 Å². The van der Waals surface area contributed by atoms with E-state index in [1.165, 1.54) is 0 Å². The smallest absolute Gasteiger partial charge is 0.0857 e. The topological polar surface area (TPSA) is 47.7 Å². The van der Waals surface area contributed by atoms with E-state index in [0.717, 1.165) is 19.8 Å². The molecular formula is C6H14N2O2. The highest BCUT2D eigenvalue weighted by atomic mass is 16.6. The molecule has 60 valence electrons. The minimum absolute atomic E-state index is 0.332. The van der Waals surface area contributed by atoms with Crippen LogP contribution in [-0.2, 0) is 9.57 Å². The van der Waals surface area contributed by atoms with E-state index in [4.69, 9.17) is 10.6 Å². The van der Waals surface area contributed by atoms with Crippen molar-refractivity contribution in [2.24, 2.45) is 5.90 Å². The number of nitrogens with two attached hydrogens (primary N) is 1. The zero-order chi connectivity index (χ0) is 7.40. The number of hydrogen-bond donors (Lipinski definition) is 1. The van der Waals surface area contributed by atoms with Gasteiger partial charge in [0.25, 0.3) is 0 Å². The van der Waals surface area contributed by atoms with Crippen molar-refractivity contribution in [3.8, 4) is 0 Å². The Labute approximate surface area is 60.8 Å². The first-order chi connectivity index (χ1) is 4.84. The van der Waals surface area contributed by atoms with Crippen molar-refractivity contribution in [1.29, 1.82) is 0 Å². The number of rotatable bonds is 2. The maximum Gasteiger partial charge on any atom is 0.0857 e. The Morgan fingerprint density at radius 3 is 3.20 bits per heavy atom. The predicted octanol–water partition coefficient (Wildman–Crippen LogP) is -0.793. The summed E-state index contributed by atoms with van der Waals surface area (Å²) in [5.74, 6) is 4.94. The summed E-state index contributed by atoms with van der Waals surface area (Å²) in [4.78, 5) is 6.72. The number of hydrogen-bond acceptors (Lipinski definition) is 4. The van der Waals surface area contributed by atoms with Gasteiger partial charge in [0.1, 0.15) is 0 Å². The van der Waals surface area contributed by atoms with Crippen molar-refractivity contribution in [2.75, 3.05) is 33.4 Å². The van der Waals surface area contributed by atoms with Crippen molar-refractivity contribution < 1.29 is 9.57 Å². The van der Waals surface area contributed by atoms with E-state index in [1.54, 1.807) is 0 Å². The molecular weight excluding hydrogens is 132 g/mol. The van der Waals surface area contributed by atoms with Gasteiger partial charge in [0.15, 0.2) is 0 Å². The third-order valence-electron chi connectivity index (χ3n) is 1.81. The van der Waals surface area contributed by atoms with Gasteiger partial charge >= 0.3 is 0 Å². The lowest BCUT2D eigenvalue weighted by atomic mass is 10.2. The first kappa shape index (κ1) is 7.94. The fourth-order valence-corrected chi connectivity index (χ4v) is 1.02. The summed E-state index contributed by atoms with van der Waals surface area (Å²) < 4.78 is 5.23.